The summed E-state index contributed by atoms with van der Waals surface area (Å²) in [4.78, 5) is 25.9. The third kappa shape index (κ3) is 4.10. The van der Waals surface area contributed by atoms with E-state index in [1.807, 2.05) is 4.90 Å². The van der Waals surface area contributed by atoms with Gasteiger partial charge in [0.25, 0.3) is 15.4 Å². The molecule has 0 N–H and O–H groups in total. The molecule has 1 amide bonds. The minimum atomic E-state index is -1.99. The van der Waals surface area contributed by atoms with Crippen molar-refractivity contribution >= 4 is 52.1 Å². The van der Waals surface area contributed by atoms with Gasteiger partial charge >= 0.3 is 0 Å². The van der Waals surface area contributed by atoms with E-state index in [1.165, 1.54) is 18.1 Å². The third-order valence-corrected chi connectivity index (χ3v) is 4.01. The molecule has 0 spiro atoms. The number of methoxy groups -OCH3 is 1. The summed E-state index contributed by atoms with van der Waals surface area (Å²) >= 11 is 16.8. The topological polar surface area (TPSA) is 75.9 Å². The van der Waals surface area contributed by atoms with Crippen LogP contribution in [0.2, 0.25) is 0 Å². The summed E-state index contributed by atoms with van der Waals surface area (Å²) in [5, 5.41) is 11.2. The van der Waals surface area contributed by atoms with Gasteiger partial charge in [-0.25, -0.2) is 0 Å². The average molecular weight is 383 g/mol. The number of amides is 1. The molecule has 1 heterocycles. The quantitative estimate of drug-likeness (QED) is 0.456. The van der Waals surface area contributed by atoms with Gasteiger partial charge in [-0.15, -0.1) is 0 Å². The monoisotopic (exact) mass is 381 g/mol. The number of halogens is 3. The minimum absolute atomic E-state index is 0.0505. The number of hydrogen-bond donors (Lipinski definition) is 0. The number of carbonyl (C=O) groups is 1. The molecule has 0 radical (unpaired) electrons. The van der Waals surface area contributed by atoms with E-state index in [1.54, 1.807) is 12.1 Å². The lowest BCUT2D eigenvalue weighted by atomic mass is 10.2. The number of piperazine rings is 1. The van der Waals surface area contributed by atoms with Gasteiger partial charge in [0.05, 0.1) is 18.1 Å². The van der Waals surface area contributed by atoms with Crippen molar-refractivity contribution in [3.63, 3.8) is 0 Å². The van der Waals surface area contributed by atoms with E-state index in [0.29, 0.717) is 37.6 Å². The number of hydrogen-bond acceptors (Lipinski definition) is 5. The van der Waals surface area contributed by atoms with E-state index < -0.39 is 14.6 Å². The van der Waals surface area contributed by atoms with Crippen LogP contribution in [0.15, 0.2) is 18.2 Å². The third-order valence-electron chi connectivity index (χ3n) is 3.53. The standard InChI is InChI=1S/C13H14Cl3N3O4/c1-23-9-2-3-10(11(8-9)19(21)22)17-4-6-18(7-5-17)12(20)13(14,15)16/h2-3,8H,4-7H2,1H3. The van der Waals surface area contributed by atoms with Crippen molar-refractivity contribution in [3.8, 4) is 5.75 Å². The number of nitro groups is 1. The molecule has 0 unspecified atom stereocenters. The van der Waals surface area contributed by atoms with Gasteiger partial charge in [0.15, 0.2) is 0 Å². The maximum Gasteiger partial charge on any atom is 0.296 e. The van der Waals surface area contributed by atoms with Gasteiger partial charge in [0.1, 0.15) is 11.4 Å². The Hall–Kier alpha value is -1.44. The number of nitro benzene ring substituents is 1. The highest BCUT2D eigenvalue weighted by atomic mass is 35.6. The summed E-state index contributed by atoms with van der Waals surface area (Å²) in [5.41, 5.74) is 0.419. The number of rotatable bonds is 3. The fourth-order valence-electron chi connectivity index (χ4n) is 2.37. The van der Waals surface area contributed by atoms with Gasteiger partial charge in [0.2, 0.25) is 0 Å². The number of nitrogens with zero attached hydrogens (tertiary/aromatic N) is 3. The summed E-state index contributed by atoms with van der Waals surface area (Å²) < 4.78 is 3.02. The Kier molecular flexibility index (Phi) is 5.44. The molecule has 0 aromatic heterocycles. The van der Waals surface area contributed by atoms with Crippen LogP contribution < -0.4 is 9.64 Å². The molecule has 1 aromatic rings. The first-order chi connectivity index (χ1) is 10.7. The molecule has 23 heavy (non-hydrogen) atoms. The van der Waals surface area contributed by atoms with Gasteiger partial charge < -0.3 is 14.5 Å². The van der Waals surface area contributed by atoms with Crippen LogP contribution >= 0.6 is 34.8 Å². The van der Waals surface area contributed by atoms with E-state index >= 15 is 0 Å². The summed E-state index contributed by atoms with van der Waals surface area (Å²) in [6, 6.07) is 4.65. The van der Waals surface area contributed by atoms with Crippen LogP contribution in [-0.4, -0.2) is 52.8 Å². The van der Waals surface area contributed by atoms with Crippen molar-refractivity contribution in [1.29, 1.82) is 0 Å². The van der Waals surface area contributed by atoms with Gasteiger partial charge in [-0.05, 0) is 12.1 Å². The van der Waals surface area contributed by atoms with Gasteiger partial charge in [-0.2, -0.15) is 0 Å². The van der Waals surface area contributed by atoms with Crippen LogP contribution in [0.5, 0.6) is 5.75 Å². The van der Waals surface area contributed by atoms with Crippen LogP contribution in [-0.2, 0) is 4.79 Å². The van der Waals surface area contributed by atoms with E-state index in [0.717, 1.165) is 0 Å². The van der Waals surface area contributed by atoms with Crippen molar-refractivity contribution in [3.05, 3.63) is 28.3 Å². The van der Waals surface area contributed by atoms with Crippen LogP contribution in [0.25, 0.3) is 0 Å². The Morgan fingerprint density at radius 3 is 2.35 bits per heavy atom. The molecular weight excluding hydrogens is 369 g/mol. The second kappa shape index (κ2) is 6.98. The fourth-order valence-corrected chi connectivity index (χ4v) is 2.73. The molecule has 126 valence electrons. The van der Waals surface area contributed by atoms with E-state index in [9.17, 15) is 14.9 Å². The fraction of sp³-hybridized carbons (Fsp3) is 0.462. The van der Waals surface area contributed by atoms with E-state index in [-0.39, 0.29) is 5.69 Å². The Labute approximate surface area is 147 Å². The van der Waals surface area contributed by atoms with Crippen molar-refractivity contribution < 1.29 is 14.5 Å². The maximum absolute atomic E-state index is 11.9. The Morgan fingerprint density at radius 2 is 1.87 bits per heavy atom. The van der Waals surface area contributed by atoms with Crippen LogP contribution in [0, 0.1) is 10.1 Å². The van der Waals surface area contributed by atoms with Crippen molar-refractivity contribution in [1.82, 2.24) is 4.90 Å². The number of ether oxygens (including phenoxy) is 1. The first-order valence-electron chi connectivity index (χ1n) is 6.67. The molecule has 2 rings (SSSR count). The summed E-state index contributed by atoms with van der Waals surface area (Å²) in [5.74, 6) is -0.183. The second-order valence-electron chi connectivity index (χ2n) is 4.89. The molecule has 0 aliphatic carbocycles. The second-order valence-corrected chi connectivity index (χ2v) is 7.17. The Bertz CT molecular complexity index is 613. The molecule has 0 saturated carbocycles. The predicted molar refractivity (Wildman–Crippen MR) is 88.7 cm³/mol. The Morgan fingerprint density at radius 1 is 1.26 bits per heavy atom. The zero-order valence-corrected chi connectivity index (χ0v) is 14.4. The summed E-state index contributed by atoms with van der Waals surface area (Å²) in [7, 11) is 1.44. The van der Waals surface area contributed by atoms with Gasteiger partial charge in [-0.1, -0.05) is 34.8 Å². The van der Waals surface area contributed by atoms with Crippen molar-refractivity contribution in [2.45, 2.75) is 3.79 Å². The molecular formula is C13H14Cl3N3O4. The van der Waals surface area contributed by atoms with Crippen LogP contribution in [0.4, 0.5) is 11.4 Å². The Balaban J connectivity index is 2.14. The lowest BCUT2D eigenvalue weighted by molar-refractivity contribution is -0.384. The number of alkyl halides is 3. The molecule has 1 aliphatic rings. The highest BCUT2D eigenvalue weighted by Gasteiger charge is 2.37. The van der Waals surface area contributed by atoms with Crippen LogP contribution in [0.1, 0.15) is 0 Å². The first-order valence-corrected chi connectivity index (χ1v) is 7.81. The van der Waals surface area contributed by atoms with Gasteiger partial charge in [0, 0.05) is 26.2 Å². The number of carbonyl (C=O) groups excluding carboxylic acids is 1. The van der Waals surface area contributed by atoms with Gasteiger partial charge in [-0.3, -0.25) is 14.9 Å². The summed E-state index contributed by atoms with van der Waals surface area (Å²) in [6.07, 6.45) is 0. The number of benzene rings is 1. The molecule has 10 heteroatoms. The minimum Gasteiger partial charge on any atom is -0.496 e. The SMILES string of the molecule is COc1ccc(N2CCN(C(=O)C(Cl)(Cl)Cl)CC2)c([N+](=O)[O-])c1. The zero-order valence-electron chi connectivity index (χ0n) is 12.2. The van der Waals surface area contributed by atoms with Crippen molar-refractivity contribution in [2.75, 3.05) is 38.2 Å². The van der Waals surface area contributed by atoms with Crippen LogP contribution in [0.3, 0.4) is 0 Å². The maximum atomic E-state index is 11.9. The molecule has 1 aromatic carbocycles. The van der Waals surface area contributed by atoms with Crippen molar-refractivity contribution in [2.24, 2.45) is 0 Å². The highest BCUT2D eigenvalue weighted by Crippen LogP contribution is 2.33. The zero-order chi connectivity index (χ0) is 17.2. The summed E-state index contributed by atoms with van der Waals surface area (Å²) in [6.45, 7) is 1.44. The molecule has 0 atom stereocenters. The normalized spacial score (nSPS) is 15.5. The highest BCUT2D eigenvalue weighted by molar-refractivity contribution is 6.76. The van der Waals surface area contributed by atoms with E-state index in [4.69, 9.17) is 39.5 Å². The molecule has 7 nitrogen and oxygen atoms in total. The molecule has 1 saturated heterocycles. The van der Waals surface area contributed by atoms with E-state index in [2.05, 4.69) is 0 Å². The lowest BCUT2D eigenvalue weighted by Gasteiger charge is -2.36. The molecule has 0 bridgehead atoms. The molecule has 1 fully saturated rings. The first kappa shape index (κ1) is 17.9. The predicted octanol–water partition coefficient (Wildman–Crippen LogP) is 2.62. The lowest BCUT2D eigenvalue weighted by Crippen LogP contribution is -2.51. The molecule has 1 aliphatic heterocycles. The average Bonchev–Trinajstić information content (AvgIpc) is 2.52. The smallest absolute Gasteiger partial charge is 0.296 e. The largest absolute Gasteiger partial charge is 0.496 e. The number of anilines is 1.